The minimum atomic E-state index is -0.250. The van der Waals surface area contributed by atoms with E-state index in [0.29, 0.717) is 11.5 Å². The predicted octanol–water partition coefficient (Wildman–Crippen LogP) is 20.1. The van der Waals surface area contributed by atoms with Gasteiger partial charge < -0.3 is 19.1 Å². The van der Waals surface area contributed by atoms with Gasteiger partial charge in [0.1, 0.15) is 5.82 Å². The number of hydrogen-bond acceptors (Lipinski definition) is 4. The molecule has 2 aromatic heterocycles. The van der Waals surface area contributed by atoms with Gasteiger partial charge in [-0.25, -0.2) is 4.98 Å². The van der Waals surface area contributed by atoms with Crippen molar-refractivity contribution in [2.45, 2.75) is 130 Å². The van der Waals surface area contributed by atoms with Crippen LogP contribution >= 0.6 is 0 Å². The predicted molar refractivity (Wildman–Crippen MR) is 332 cm³/mol. The van der Waals surface area contributed by atoms with Crippen LogP contribution in [0.15, 0.2) is 182 Å². The molecule has 10 aromatic rings. The van der Waals surface area contributed by atoms with Gasteiger partial charge in [-0.05, 0) is 121 Å². The molecule has 410 valence electrons. The van der Waals surface area contributed by atoms with Gasteiger partial charge in [0.2, 0.25) is 0 Å². The number of pyridine rings is 1. The van der Waals surface area contributed by atoms with Crippen molar-refractivity contribution < 1.29 is 25.8 Å². The van der Waals surface area contributed by atoms with Crippen molar-refractivity contribution in [1.29, 1.82) is 0 Å². The maximum Gasteiger partial charge on any atom is 0.135 e. The fraction of sp³-hybridized carbons (Fsp3) is 0.270. The fourth-order valence-electron chi connectivity index (χ4n) is 11.6. The third kappa shape index (κ3) is 10.4. The van der Waals surface area contributed by atoms with E-state index in [2.05, 4.69) is 306 Å². The fourth-order valence-corrected chi connectivity index (χ4v) is 11.6. The van der Waals surface area contributed by atoms with Crippen LogP contribution in [0.4, 0.5) is 22.7 Å². The number of hydrogen-bond donors (Lipinski definition) is 0. The van der Waals surface area contributed by atoms with Gasteiger partial charge in [0.25, 0.3) is 0 Å². The van der Waals surface area contributed by atoms with Crippen LogP contribution in [0.1, 0.15) is 153 Å². The summed E-state index contributed by atoms with van der Waals surface area (Å²) >= 11 is 0. The second-order valence-electron chi connectivity index (χ2n) is 25.5. The Morgan fingerprint density at radius 1 is 0.475 bits per heavy atom. The van der Waals surface area contributed by atoms with Gasteiger partial charge in [0.15, 0.2) is 0 Å². The first-order chi connectivity index (χ1) is 37.6. The zero-order chi connectivity index (χ0) is 55.8. The van der Waals surface area contributed by atoms with E-state index in [1.54, 1.807) is 0 Å². The molecule has 0 N–H and O–H groups in total. The summed E-state index contributed by atoms with van der Waals surface area (Å²) in [6.45, 7) is 34.3. The first-order valence-electron chi connectivity index (χ1n) is 28.2. The van der Waals surface area contributed by atoms with E-state index in [4.69, 9.17) is 9.72 Å². The first-order valence-corrected chi connectivity index (χ1v) is 28.2. The molecule has 0 saturated carbocycles. The molecular weight excluding hydrogens is 1160 g/mol. The summed E-state index contributed by atoms with van der Waals surface area (Å²) in [5.74, 6) is 2.60. The molecular formula is C74H75N4OPt-3. The number of anilines is 4. The number of nitrogens with zero attached hydrogens (tertiary/aromatic N) is 4. The largest absolute Gasteiger partial charge is 0.509 e. The maximum absolute atomic E-state index is 7.22. The van der Waals surface area contributed by atoms with Crippen molar-refractivity contribution in [1.82, 2.24) is 9.55 Å². The second kappa shape index (κ2) is 21.4. The minimum absolute atomic E-state index is 0. The number of rotatable bonds is 12. The van der Waals surface area contributed by atoms with Crippen molar-refractivity contribution >= 4 is 44.6 Å². The number of fused-ring (bicyclic) bond motifs is 4. The summed E-state index contributed by atoms with van der Waals surface area (Å²) in [4.78, 5) is 9.74. The van der Waals surface area contributed by atoms with Crippen LogP contribution in [-0.2, 0) is 42.7 Å². The van der Waals surface area contributed by atoms with Crippen LogP contribution in [0.25, 0.3) is 38.8 Å². The second-order valence-corrected chi connectivity index (χ2v) is 25.5. The molecule has 5 nitrogen and oxygen atoms in total. The number of benzene rings is 8. The summed E-state index contributed by atoms with van der Waals surface area (Å²) in [5.41, 5.74) is 17.8. The van der Waals surface area contributed by atoms with Gasteiger partial charge in [-0.15, -0.1) is 53.6 Å². The van der Waals surface area contributed by atoms with Gasteiger partial charge >= 0.3 is 0 Å². The molecule has 0 atom stereocenters. The van der Waals surface area contributed by atoms with Crippen molar-refractivity contribution in [2.24, 2.45) is 0 Å². The molecule has 0 saturated heterocycles. The summed E-state index contributed by atoms with van der Waals surface area (Å²) in [6.07, 6.45) is 1.94. The average Bonchev–Trinajstić information content (AvgIpc) is 4.13. The van der Waals surface area contributed by atoms with Crippen molar-refractivity contribution in [3.8, 4) is 28.4 Å². The maximum atomic E-state index is 7.22. The zero-order valence-corrected chi connectivity index (χ0v) is 51.3. The van der Waals surface area contributed by atoms with Crippen LogP contribution in [0, 0.1) is 18.8 Å². The molecule has 0 bridgehead atoms. The molecule has 0 unspecified atom stereocenters. The summed E-state index contributed by atoms with van der Waals surface area (Å²) in [5, 5.41) is 2.21. The molecule has 0 spiro atoms. The third-order valence-corrected chi connectivity index (χ3v) is 16.6. The number of aromatic nitrogens is 2. The Morgan fingerprint density at radius 2 is 1.05 bits per heavy atom. The number of ether oxygens (including phenoxy) is 1. The molecule has 0 fully saturated rings. The van der Waals surface area contributed by atoms with Crippen LogP contribution in [0.5, 0.6) is 11.5 Å². The molecule has 1 aliphatic rings. The Labute approximate surface area is 491 Å². The molecule has 3 heterocycles. The molecule has 6 heteroatoms. The van der Waals surface area contributed by atoms with E-state index in [1.165, 1.54) is 50.1 Å². The van der Waals surface area contributed by atoms with Crippen molar-refractivity contribution in [3.05, 3.63) is 245 Å². The molecule has 0 amide bonds. The summed E-state index contributed by atoms with van der Waals surface area (Å²) in [6, 6.07) is 72.1. The van der Waals surface area contributed by atoms with Crippen LogP contribution in [0.3, 0.4) is 0 Å². The molecule has 80 heavy (non-hydrogen) atoms. The third-order valence-electron chi connectivity index (χ3n) is 16.6. The van der Waals surface area contributed by atoms with E-state index in [1.807, 2.05) is 6.20 Å². The van der Waals surface area contributed by atoms with E-state index in [-0.39, 0.29) is 54.6 Å². The molecule has 11 rings (SSSR count). The Morgan fingerprint density at radius 3 is 1.68 bits per heavy atom. The van der Waals surface area contributed by atoms with Gasteiger partial charge in [-0.3, -0.25) is 0 Å². The van der Waals surface area contributed by atoms with E-state index in [0.717, 1.165) is 55.9 Å². The van der Waals surface area contributed by atoms with E-state index >= 15 is 0 Å². The normalized spacial score (nSPS) is 13.2. The van der Waals surface area contributed by atoms with E-state index in [9.17, 15) is 0 Å². The summed E-state index contributed by atoms with van der Waals surface area (Å²) < 4.78 is 9.51. The Bertz CT molecular complexity index is 3860. The smallest absolute Gasteiger partial charge is 0.135 e. The summed E-state index contributed by atoms with van der Waals surface area (Å²) in [7, 11) is 0. The van der Waals surface area contributed by atoms with Crippen LogP contribution in [-0.4, -0.2) is 9.55 Å². The minimum Gasteiger partial charge on any atom is -0.509 e. The van der Waals surface area contributed by atoms with Gasteiger partial charge in [0, 0.05) is 72.2 Å². The Balaban J connectivity index is 0.00000720. The van der Waals surface area contributed by atoms with Crippen LogP contribution < -0.4 is 14.5 Å². The van der Waals surface area contributed by atoms with Crippen molar-refractivity contribution in [3.63, 3.8) is 0 Å². The zero-order valence-electron chi connectivity index (χ0n) is 49.1. The quantitative estimate of drug-likeness (QED) is 0.114. The SMILES string of the molecule is CC(C)c1cccc(C(C)C)c1-c1cc(Oc2[c-]c3c(cc2)c2ccc(C(C)(C)c4ccccc4)cc2n3-c2cc(C(C)(C)C)ccn2)[c-]c(N2[CH-]N(c3cccc(C(C)(C)c4ccccc4)c3)c3ccc(C(C)(C)C)cc32)c1.[Pt]. The first kappa shape index (κ1) is 56.1. The van der Waals surface area contributed by atoms with Gasteiger partial charge in [-0.2, -0.15) is 6.07 Å². The topological polar surface area (TPSA) is 33.5 Å². The van der Waals surface area contributed by atoms with Gasteiger partial charge in [-0.1, -0.05) is 212 Å². The van der Waals surface area contributed by atoms with Gasteiger partial charge in [0.05, 0.1) is 0 Å². The van der Waals surface area contributed by atoms with E-state index < -0.39 is 0 Å². The van der Waals surface area contributed by atoms with Crippen LogP contribution in [0.2, 0.25) is 0 Å². The molecule has 8 aromatic carbocycles. The monoisotopic (exact) mass is 1230 g/mol. The standard InChI is InChI=1S/C74H75N4O.Pt/c1-48(2)61-29-22-30-62(49(3)4)70(61)50-39-58(77-47-76(65-36-32-53(42-68(65)77)71(5,6)7)57-28-21-27-55(41-57)73(11,12)51-23-17-15-18-24-51)45-60(40-50)79-59-33-35-64-63-34-31-56(74(13,14)52-25-19-16-20-26-52)43-66(63)78(67(64)46-59)69-44-54(37-38-75-69)72(8,9)10;/h15-44,47-49H,1-14H3;/q-3;. The van der Waals surface area contributed by atoms with Crippen molar-refractivity contribution in [2.75, 3.05) is 9.80 Å². The average molecular weight is 1230 g/mol. The molecule has 1 aliphatic heterocycles. The molecule has 0 radical (unpaired) electrons. The molecule has 0 aliphatic carbocycles. The Kier molecular flexibility index (Phi) is 15.0. The Hall–Kier alpha value is -7.20.